The van der Waals surface area contributed by atoms with Gasteiger partial charge in [0.1, 0.15) is 16.8 Å². The fraction of sp³-hybridized carbons (Fsp3) is 0.269. The van der Waals surface area contributed by atoms with E-state index in [0.29, 0.717) is 30.2 Å². The number of fused-ring (bicyclic) bond motifs is 5. The van der Waals surface area contributed by atoms with Gasteiger partial charge >= 0.3 is 0 Å². The Kier molecular flexibility index (Phi) is 3.70. The highest BCUT2D eigenvalue weighted by Crippen LogP contribution is 2.58. The van der Waals surface area contributed by atoms with E-state index in [-0.39, 0.29) is 12.7 Å². The minimum Gasteiger partial charge on any atom is -0.487 e. The average Bonchev–Trinajstić information content (AvgIpc) is 3.30. The van der Waals surface area contributed by atoms with E-state index in [1.54, 1.807) is 0 Å². The summed E-state index contributed by atoms with van der Waals surface area (Å²) >= 11 is 0. The summed E-state index contributed by atoms with van der Waals surface area (Å²) < 4.78 is 17.6. The molecule has 3 aromatic carbocycles. The van der Waals surface area contributed by atoms with Crippen molar-refractivity contribution in [1.82, 2.24) is 0 Å². The van der Waals surface area contributed by atoms with Crippen LogP contribution in [-0.4, -0.2) is 18.3 Å². The van der Waals surface area contributed by atoms with E-state index >= 15 is 0 Å². The molecule has 0 saturated heterocycles. The highest BCUT2D eigenvalue weighted by Gasteiger charge is 2.58. The van der Waals surface area contributed by atoms with Crippen LogP contribution in [0.1, 0.15) is 37.0 Å². The molecule has 0 fully saturated rings. The molecule has 3 heterocycles. The Morgan fingerprint density at radius 1 is 0.871 bits per heavy atom. The molecule has 0 aliphatic carbocycles. The SMILES string of the molecule is CC1(C)CC2(C(=O)N(Cc3ccccc3)c3ccccc32)c2cc3c(cc2O1)OCO3. The lowest BCUT2D eigenvalue weighted by Crippen LogP contribution is -2.50. The Balaban J connectivity index is 1.57. The number of para-hydroxylation sites is 1. The lowest BCUT2D eigenvalue weighted by atomic mass is 9.67. The maximum Gasteiger partial charge on any atom is 0.242 e. The van der Waals surface area contributed by atoms with Crippen LogP contribution in [0.3, 0.4) is 0 Å². The van der Waals surface area contributed by atoms with Crippen LogP contribution in [0.2, 0.25) is 0 Å². The quantitative estimate of drug-likeness (QED) is 0.605. The van der Waals surface area contributed by atoms with Crippen molar-refractivity contribution < 1.29 is 19.0 Å². The molecule has 5 nitrogen and oxygen atoms in total. The number of ether oxygens (including phenoxy) is 3. The zero-order valence-electron chi connectivity index (χ0n) is 17.6. The normalized spacial score (nSPS) is 22.3. The first-order chi connectivity index (χ1) is 15.0. The number of rotatable bonds is 2. The van der Waals surface area contributed by atoms with Gasteiger partial charge < -0.3 is 19.1 Å². The molecule has 1 atom stereocenters. The predicted molar refractivity (Wildman–Crippen MR) is 117 cm³/mol. The van der Waals surface area contributed by atoms with Gasteiger partial charge in [-0.3, -0.25) is 4.79 Å². The van der Waals surface area contributed by atoms with Crippen molar-refractivity contribution in [3.05, 3.63) is 83.4 Å². The zero-order valence-corrected chi connectivity index (χ0v) is 17.6. The lowest BCUT2D eigenvalue weighted by Gasteiger charge is -2.43. The molecule has 5 heteroatoms. The van der Waals surface area contributed by atoms with Gasteiger partial charge in [0.2, 0.25) is 12.7 Å². The van der Waals surface area contributed by atoms with Crippen molar-refractivity contribution in [2.24, 2.45) is 0 Å². The highest BCUT2D eigenvalue weighted by atomic mass is 16.7. The summed E-state index contributed by atoms with van der Waals surface area (Å²) in [5.74, 6) is 2.08. The largest absolute Gasteiger partial charge is 0.487 e. The van der Waals surface area contributed by atoms with Crippen molar-refractivity contribution in [1.29, 1.82) is 0 Å². The van der Waals surface area contributed by atoms with Gasteiger partial charge in [0.15, 0.2) is 11.5 Å². The highest BCUT2D eigenvalue weighted by molar-refractivity contribution is 6.11. The summed E-state index contributed by atoms with van der Waals surface area (Å²) in [4.78, 5) is 16.2. The Labute approximate surface area is 181 Å². The first-order valence-electron chi connectivity index (χ1n) is 10.6. The second-order valence-electron chi connectivity index (χ2n) is 9.04. The molecule has 3 aliphatic rings. The molecular weight excluding hydrogens is 390 g/mol. The van der Waals surface area contributed by atoms with Crippen molar-refractivity contribution in [2.75, 3.05) is 11.7 Å². The minimum atomic E-state index is -0.830. The van der Waals surface area contributed by atoms with Crippen LogP contribution in [0.15, 0.2) is 66.7 Å². The molecule has 1 spiro atoms. The predicted octanol–water partition coefficient (Wildman–Crippen LogP) is 4.81. The monoisotopic (exact) mass is 413 g/mol. The summed E-state index contributed by atoms with van der Waals surface area (Å²) in [6.07, 6.45) is 0.549. The maximum absolute atomic E-state index is 14.3. The van der Waals surface area contributed by atoms with Gasteiger partial charge in [0.25, 0.3) is 0 Å². The number of amides is 1. The molecule has 0 aromatic heterocycles. The molecule has 3 aliphatic heterocycles. The third-order valence-corrected chi connectivity index (χ3v) is 6.46. The minimum absolute atomic E-state index is 0.0778. The van der Waals surface area contributed by atoms with Crippen LogP contribution in [-0.2, 0) is 16.8 Å². The molecule has 1 unspecified atom stereocenters. The molecule has 0 radical (unpaired) electrons. The third-order valence-electron chi connectivity index (χ3n) is 6.46. The number of hydrogen-bond acceptors (Lipinski definition) is 4. The van der Waals surface area contributed by atoms with Gasteiger partial charge in [-0.2, -0.15) is 0 Å². The van der Waals surface area contributed by atoms with E-state index in [0.717, 1.165) is 22.4 Å². The van der Waals surface area contributed by atoms with Crippen molar-refractivity contribution in [2.45, 2.75) is 37.8 Å². The van der Waals surface area contributed by atoms with Crippen LogP contribution >= 0.6 is 0 Å². The van der Waals surface area contributed by atoms with Crippen LogP contribution in [0.4, 0.5) is 5.69 Å². The number of anilines is 1. The Morgan fingerprint density at radius 2 is 1.58 bits per heavy atom. The second-order valence-corrected chi connectivity index (χ2v) is 9.04. The van der Waals surface area contributed by atoms with Crippen molar-refractivity contribution in [3.8, 4) is 17.2 Å². The summed E-state index contributed by atoms with van der Waals surface area (Å²) in [6, 6.07) is 22.0. The van der Waals surface area contributed by atoms with Gasteiger partial charge in [0.05, 0.1) is 6.54 Å². The number of benzene rings is 3. The number of hydrogen-bond donors (Lipinski definition) is 0. The van der Waals surface area contributed by atoms with E-state index in [4.69, 9.17) is 14.2 Å². The number of carbonyl (C=O) groups excluding carboxylic acids is 1. The molecule has 0 bridgehead atoms. The zero-order chi connectivity index (χ0) is 21.2. The fourth-order valence-corrected chi connectivity index (χ4v) is 5.29. The molecular formula is C26H23NO4. The average molecular weight is 413 g/mol. The summed E-state index contributed by atoms with van der Waals surface area (Å²) in [7, 11) is 0. The van der Waals surface area contributed by atoms with E-state index in [2.05, 4.69) is 18.2 Å². The Morgan fingerprint density at radius 3 is 2.39 bits per heavy atom. The Hall–Kier alpha value is -3.47. The van der Waals surface area contributed by atoms with Gasteiger partial charge in [0, 0.05) is 23.7 Å². The van der Waals surface area contributed by atoms with Crippen molar-refractivity contribution in [3.63, 3.8) is 0 Å². The van der Waals surface area contributed by atoms with Gasteiger partial charge in [-0.25, -0.2) is 0 Å². The van der Waals surface area contributed by atoms with Crippen LogP contribution in [0, 0.1) is 0 Å². The molecule has 6 rings (SSSR count). The van der Waals surface area contributed by atoms with Gasteiger partial charge in [-0.05, 0) is 37.1 Å². The number of carbonyl (C=O) groups is 1. The van der Waals surface area contributed by atoms with Gasteiger partial charge in [-0.1, -0.05) is 48.5 Å². The van der Waals surface area contributed by atoms with E-state index < -0.39 is 11.0 Å². The van der Waals surface area contributed by atoms with E-state index in [1.165, 1.54) is 0 Å². The fourth-order valence-electron chi connectivity index (χ4n) is 5.29. The topological polar surface area (TPSA) is 48.0 Å². The first kappa shape index (κ1) is 18.3. The molecule has 3 aromatic rings. The van der Waals surface area contributed by atoms with E-state index in [9.17, 15) is 4.79 Å². The lowest BCUT2D eigenvalue weighted by molar-refractivity contribution is -0.124. The summed E-state index contributed by atoms with van der Waals surface area (Å²) in [5, 5.41) is 0. The van der Waals surface area contributed by atoms with E-state index in [1.807, 2.05) is 67.3 Å². The molecule has 0 saturated carbocycles. The Bertz CT molecular complexity index is 1200. The maximum atomic E-state index is 14.3. The third kappa shape index (κ3) is 2.59. The summed E-state index contributed by atoms with van der Waals surface area (Å²) in [6.45, 7) is 4.79. The van der Waals surface area contributed by atoms with Crippen LogP contribution in [0.5, 0.6) is 17.2 Å². The van der Waals surface area contributed by atoms with Crippen LogP contribution < -0.4 is 19.1 Å². The summed E-state index contributed by atoms with van der Waals surface area (Å²) in [5.41, 5.74) is 2.57. The standard InChI is InChI=1S/C26H23NO4/c1-25(2)15-26(19-12-22-23(30-16-29-22)13-21(19)31-25)18-10-6-7-11-20(18)27(24(26)28)14-17-8-4-3-5-9-17/h3-13H,14-16H2,1-2H3. The molecule has 0 N–H and O–H groups in total. The molecule has 1 amide bonds. The molecule has 31 heavy (non-hydrogen) atoms. The van der Waals surface area contributed by atoms with Crippen molar-refractivity contribution >= 4 is 11.6 Å². The number of nitrogens with zero attached hydrogens (tertiary/aromatic N) is 1. The van der Waals surface area contributed by atoms with Crippen LogP contribution in [0.25, 0.3) is 0 Å². The first-order valence-corrected chi connectivity index (χ1v) is 10.6. The smallest absolute Gasteiger partial charge is 0.242 e. The second kappa shape index (κ2) is 6.27. The van der Waals surface area contributed by atoms with Gasteiger partial charge in [-0.15, -0.1) is 0 Å². The molecule has 156 valence electrons.